The summed E-state index contributed by atoms with van der Waals surface area (Å²) in [5.74, 6) is 1.57. The quantitative estimate of drug-likeness (QED) is 0.0356. The molecule has 0 heterocycles. The standard InChI is InChI=1S/C13H31NO6Si.C10H23NO3.C10H21NO2.C7H16O2.2CH4/c1-12(10-20-7-6-18-2)14-9-13(15)11-19-5-4-8-21(3,16)17;1-4-10(12)7-11-9(2)8-14-6-5-13-3;1-9(8-13-6-5-12-2)11-7-10-3-4-10;1-7(2)6-9-5-4-8-3;;/h12-17H,4-11H2,1-3H3;9-12H,4-8H2,1-3H3;9-11H,3-8H2,1-2H3;7H,4-6H2,1-3H3;2*1H4. The summed E-state index contributed by atoms with van der Waals surface area (Å²) in [7, 11) is 3.70. The van der Waals surface area contributed by atoms with Crippen LogP contribution >= 0.6 is 0 Å². The lowest BCUT2D eigenvalue weighted by Gasteiger charge is -2.17. The molecule has 0 aliphatic heterocycles. The van der Waals surface area contributed by atoms with Gasteiger partial charge < -0.3 is 78.4 Å². The highest BCUT2D eigenvalue weighted by Gasteiger charge is 2.21. The molecule has 364 valence electrons. The Hall–Kier alpha value is -0.423. The fourth-order valence-electron chi connectivity index (χ4n) is 4.14. The molecule has 0 amide bonds. The highest BCUT2D eigenvalue weighted by atomic mass is 28.4. The van der Waals surface area contributed by atoms with Crippen LogP contribution in [0.1, 0.15) is 82.1 Å². The summed E-state index contributed by atoms with van der Waals surface area (Å²) in [6.45, 7) is 24.8. The van der Waals surface area contributed by atoms with Gasteiger partial charge in [-0.3, -0.25) is 0 Å². The largest absolute Gasteiger partial charge is 0.411 e. The summed E-state index contributed by atoms with van der Waals surface area (Å²) >= 11 is 0. The normalized spacial score (nSPS) is 14.8. The van der Waals surface area contributed by atoms with Crippen LogP contribution in [0.15, 0.2) is 0 Å². The van der Waals surface area contributed by atoms with E-state index in [4.69, 9.17) is 42.6 Å². The molecule has 0 radical (unpaired) electrons. The van der Waals surface area contributed by atoms with E-state index in [1.54, 1.807) is 28.4 Å². The van der Waals surface area contributed by atoms with Gasteiger partial charge >= 0.3 is 8.56 Å². The first kappa shape index (κ1) is 67.6. The van der Waals surface area contributed by atoms with Crippen LogP contribution in [-0.4, -0.2) is 199 Å². The number of hydrogen-bond acceptors (Lipinski definition) is 16. The Morgan fingerprint density at radius 3 is 1.27 bits per heavy atom. The van der Waals surface area contributed by atoms with Gasteiger partial charge in [-0.2, -0.15) is 0 Å². The molecule has 16 nitrogen and oxygen atoms in total. The van der Waals surface area contributed by atoms with E-state index < -0.39 is 14.7 Å². The Kier molecular flexibility index (Phi) is 57.6. The van der Waals surface area contributed by atoms with Crippen molar-refractivity contribution in [3.05, 3.63) is 0 Å². The average molecular weight is 882 g/mol. The summed E-state index contributed by atoms with van der Waals surface area (Å²) in [5.41, 5.74) is 0. The highest BCUT2D eigenvalue weighted by Crippen LogP contribution is 2.27. The lowest BCUT2D eigenvalue weighted by Crippen LogP contribution is -2.38. The summed E-state index contributed by atoms with van der Waals surface area (Å²) in [6.07, 6.45) is 3.35. The maximum absolute atomic E-state index is 9.73. The Bertz CT molecular complexity index is 776. The SMILES string of the molecule is C.C.CCC(O)CNC(C)COCCOC.COCCOCC(C)C.COCCOCC(C)NCC(O)COCCC[Si](C)(O)O.COCCOCC(C)NCC1CC1. The molecule has 59 heavy (non-hydrogen) atoms. The Morgan fingerprint density at radius 1 is 0.542 bits per heavy atom. The Labute approximate surface area is 363 Å². The monoisotopic (exact) mass is 882 g/mol. The molecule has 1 rings (SSSR count). The zero-order valence-corrected chi connectivity index (χ0v) is 39.1. The molecule has 1 saturated carbocycles. The third kappa shape index (κ3) is 64.3. The van der Waals surface area contributed by atoms with Crippen molar-refractivity contribution in [1.29, 1.82) is 0 Å². The molecule has 1 aliphatic rings. The fourth-order valence-corrected chi connectivity index (χ4v) is 4.96. The minimum Gasteiger partial charge on any atom is -0.411 e. The molecule has 17 heteroatoms. The predicted molar refractivity (Wildman–Crippen MR) is 243 cm³/mol. The van der Waals surface area contributed by atoms with E-state index in [-0.39, 0.29) is 39.6 Å². The van der Waals surface area contributed by atoms with Gasteiger partial charge in [0, 0.05) is 72.9 Å². The summed E-state index contributed by atoms with van der Waals surface area (Å²) < 4.78 is 46.0. The number of rotatable bonds is 36. The van der Waals surface area contributed by atoms with E-state index in [0.29, 0.717) is 110 Å². The Morgan fingerprint density at radius 2 is 0.915 bits per heavy atom. The number of hydrogen-bond donors (Lipinski definition) is 7. The van der Waals surface area contributed by atoms with Crippen molar-refractivity contribution in [1.82, 2.24) is 16.0 Å². The second-order valence-corrected chi connectivity index (χ2v) is 18.1. The molecule has 0 aromatic carbocycles. The van der Waals surface area contributed by atoms with Gasteiger partial charge in [0.25, 0.3) is 0 Å². The minimum absolute atomic E-state index is 0. The molecule has 0 saturated heterocycles. The van der Waals surface area contributed by atoms with Crippen LogP contribution in [0.3, 0.4) is 0 Å². The summed E-state index contributed by atoms with van der Waals surface area (Å²) in [5, 5.41) is 28.8. The molecule has 1 fully saturated rings. The van der Waals surface area contributed by atoms with E-state index in [2.05, 4.69) is 36.7 Å². The van der Waals surface area contributed by atoms with Gasteiger partial charge in [0.05, 0.1) is 91.5 Å². The second-order valence-electron chi connectivity index (χ2n) is 15.1. The smallest absolute Gasteiger partial charge is 0.329 e. The van der Waals surface area contributed by atoms with Gasteiger partial charge in [0.1, 0.15) is 0 Å². The maximum atomic E-state index is 9.73. The number of aliphatic hydroxyl groups is 2. The predicted octanol–water partition coefficient (Wildman–Crippen LogP) is 3.47. The molecule has 7 N–H and O–H groups in total. The van der Waals surface area contributed by atoms with Gasteiger partial charge in [0.15, 0.2) is 0 Å². The lowest BCUT2D eigenvalue weighted by molar-refractivity contribution is 0.0301. The van der Waals surface area contributed by atoms with Crippen LogP contribution in [0.2, 0.25) is 12.6 Å². The molecule has 0 aromatic rings. The van der Waals surface area contributed by atoms with Gasteiger partial charge in [-0.15, -0.1) is 0 Å². The third-order valence-corrected chi connectivity index (χ3v) is 9.16. The van der Waals surface area contributed by atoms with Gasteiger partial charge in [-0.05, 0) is 77.4 Å². The Balaban J connectivity index is -0.000000226. The zero-order valence-electron chi connectivity index (χ0n) is 38.1. The van der Waals surface area contributed by atoms with Crippen LogP contribution in [0.4, 0.5) is 0 Å². The molecule has 0 aromatic heterocycles. The number of ether oxygens (including phenoxy) is 9. The second kappa shape index (κ2) is 50.2. The average Bonchev–Trinajstić information content (AvgIpc) is 4.01. The van der Waals surface area contributed by atoms with E-state index in [9.17, 15) is 19.8 Å². The van der Waals surface area contributed by atoms with Crippen LogP contribution in [0.5, 0.6) is 0 Å². The van der Waals surface area contributed by atoms with Gasteiger partial charge in [0.2, 0.25) is 0 Å². The molecular formula is C42H99N3O13Si. The van der Waals surface area contributed by atoms with Crippen LogP contribution in [0.25, 0.3) is 0 Å². The molecule has 5 atom stereocenters. The van der Waals surface area contributed by atoms with Crippen molar-refractivity contribution in [2.24, 2.45) is 11.8 Å². The van der Waals surface area contributed by atoms with Gasteiger partial charge in [-0.25, -0.2) is 0 Å². The van der Waals surface area contributed by atoms with Crippen molar-refractivity contribution >= 4 is 8.56 Å². The topological polar surface area (TPSA) is 200 Å². The molecule has 1 aliphatic carbocycles. The summed E-state index contributed by atoms with van der Waals surface area (Å²) in [4.78, 5) is 18.5. The van der Waals surface area contributed by atoms with Gasteiger partial charge in [-0.1, -0.05) is 35.6 Å². The first-order valence-corrected chi connectivity index (χ1v) is 23.6. The van der Waals surface area contributed by atoms with Crippen molar-refractivity contribution < 1.29 is 62.4 Å². The van der Waals surface area contributed by atoms with Crippen LogP contribution in [-0.2, 0) is 42.6 Å². The maximum Gasteiger partial charge on any atom is 0.329 e. The molecular weight excluding hydrogens is 783 g/mol. The zero-order chi connectivity index (χ0) is 43.6. The lowest BCUT2D eigenvalue weighted by atomic mass is 10.2. The van der Waals surface area contributed by atoms with Crippen molar-refractivity contribution in [2.75, 3.05) is 141 Å². The molecule has 5 unspecified atom stereocenters. The first-order chi connectivity index (χ1) is 27.1. The van der Waals surface area contributed by atoms with E-state index >= 15 is 0 Å². The number of methoxy groups -OCH3 is 4. The highest BCUT2D eigenvalue weighted by molar-refractivity contribution is 6.63. The molecule has 0 bridgehead atoms. The summed E-state index contributed by atoms with van der Waals surface area (Å²) in [6, 6.07) is 1.27. The van der Waals surface area contributed by atoms with Crippen LogP contribution in [0, 0.1) is 11.8 Å². The van der Waals surface area contributed by atoms with E-state index in [1.807, 2.05) is 20.8 Å². The van der Waals surface area contributed by atoms with E-state index in [0.717, 1.165) is 32.1 Å². The third-order valence-electron chi connectivity index (χ3n) is 7.86. The van der Waals surface area contributed by atoms with Crippen molar-refractivity contribution in [2.45, 2.75) is 125 Å². The van der Waals surface area contributed by atoms with Crippen LogP contribution < -0.4 is 16.0 Å². The van der Waals surface area contributed by atoms with Crippen molar-refractivity contribution in [3.8, 4) is 0 Å². The molecule has 0 spiro atoms. The van der Waals surface area contributed by atoms with E-state index in [1.165, 1.54) is 19.4 Å². The first-order valence-electron chi connectivity index (χ1n) is 21.0. The fraction of sp³-hybridized carbons (Fsp3) is 1.00. The minimum atomic E-state index is -2.96. The number of nitrogens with one attached hydrogen (secondary N) is 3. The van der Waals surface area contributed by atoms with Crippen molar-refractivity contribution in [3.63, 3.8) is 0 Å². The number of aliphatic hydroxyl groups excluding tert-OH is 2.